The third kappa shape index (κ3) is 2.24. The van der Waals surface area contributed by atoms with Crippen molar-refractivity contribution in [2.24, 2.45) is 16.7 Å². The molecule has 1 aromatic carbocycles. The van der Waals surface area contributed by atoms with Crippen molar-refractivity contribution < 1.29 is 14.2 Å². The average molecular weight is 364 g/mol. The summed E-state index contributed by atoms with van der Waals surface area (Å²) in [5.41, 5.74) is -3.08. The molecule has 2 heterocycles. The molecule has 27 heavy (non-hydrogen) atoms. The fraction of sp³-hybridized carbons (Fsp3) is 0.500. The topological polar surface area (TPSA) is 123 Å². The number of hydrogen-bond donors (Lipinski definition) is 1. The standard InChI is InChI=1S/C20H20N4O3/c1-4-9-25-15-7-5-14(6-8-15)16-19(10-21,11-22)20(12-23)13(2)18(3,26-16)27-17(20)24/h5-8,13,16,24H,4,9H2,1-3H3. The van der Waals surface area contributed by atoms with E-state index >= 15 is 0 Å². The van der Waals surface area contributed by atoms with Gasteiger partial charge in [0.15, 0.2) is 5.41 Å². The minimum Gasteiger partial charge on any atom is -0.494 e. The Balaban J connectivity index is 2.14. The highest BCUT2D eigenvalue weighted by Gasteiger charge is 2.78. The summed E-state index contributed by atoms with van der Waals surface area (Å²) in [7, 11) is 0. The van der Waals surface area contributed by atoms with Crippen molar-refractivity contribution >= 4 is 5.90 Å². The molecule has 7 heteroatoms. The van der Waals surface area contributed by atoms with E-state index in [-0.39, 0.29) is 0 Å². The molecule has 0 spiro atoms. The van der Waals surface area contributed by atoms with Crippen molar-refractivity contribution in [1.29, 1.82) is 21.2 Å². The molecule has 138 valence electrons. The van der Waals surface area contributed by atoms with Crippen molar-refractivity contribution in [2.75, 3.05) is 6.61 Å². The highest BCUT2D eigenvalue weighted by molar-refractivity contribution is 5.89. The van der Waals surface area contributed by atoms with Gasteiger partial charge in [0.05, 0.1) is 30.7 Å². The molecule has 0 aliphatic carbocycles. The van der Waals surface area contributed by atoms with Crippen LogP contribution in [0.3, 0.4) is 0 Å². The van der Waals surface area contributed by atoms with Crippen LogP contribution in [0.25, 0.3) is 0 Å². The fourth-order valence-electron chi connectivity index (χ4n) is 3.97. The van der Waals surface area contributed by atoms with Gasteiger partial charge in [0.2, 0.25) is 17.1 Å². The van der Waals surface area contributed by atoms with E-state index in [4.69, 9.17) is 19.6 Å². The second kappa shape index (κ2) is 6.27. The van der Waals surface area contributed by atoms with Crippen molar-refractivity contribution in [1.82, 2.24) is 0 Å². The molecule has 3 rings (SSSR count). The first-order valence-corrected chi connectivity index (χ1v) is 8.77. The number of nitrogens with one attached hydrogen (secondary N) is 1. The van der Waals surface area contributed by atoms with Gasteiger partial charge in [-0.2, -0.15) is 15.8 Å². The van der Waals surface area contributed by atoms with E-state index in [2.05, 4.69) is 6.07 Å². The molecule has 1 aromatic rings. The summed E-state index contributed by atoms with van der Waals surface area (Å²) in [4.78, 5) is 0. The third-order valence-corrected chi connectivity index (χ3v) is 5.65. The number of fused-ring (bicyclic) bond motifs is 2. The van der Waals surface area contributed by atoms with Crippen LogP contribution in [-0.4, -0.2) is 18.3 Å². The lowest BCUT2D eigenvalue weighted by Crippen LogP contribution is -2.57. The number of benzene rings is 1. The molecule has 0 aromatic heterocycles. The second-order valence-electron chi connectivity index (χ2n) is 7.04. The fourth-order valence-corrected chi connectivity index (χ4v) is 3.97. The molecule has 7 nitrogen and oxygen atoms in total. The summed E-state index contributed by atoms with van der Waals surface area (Å²) in [5.74, 6) is -1.66. The molecular weight excluding hydrogens is 344 g/mol. The number of hydrogen-bond acceptors (Lipinski definition) is 7. The van der Waals surface area contributed by atoms with Gasteiger partial charge in [0.25, 0.3) is 0 Å². The van der Waals surface area contributed by atoms with Crippen molar-refractivity contribution in [3.8, 4) is 24.0 Å². The predicted molar refractivity (Wildman–Crippen MR) is 94.1 cm³/mol. The van der Waals surface area contributed by atoms with Crippen molar-refractivity contribution in [3.63, 3.8) is 0 Å². The lowest BCUT2D eigenvalue weighted by Gasteiger charge is -2.47. The molecule has 4 atom stereocenters. The van der Waals surface area contributed by atoms with E-state index in [9.17, 15) is 15.8 Å². The maximum absolute atomic E-state index is 10.00. The number of nitriles is 3. The van der Waals surface area contributed by atoms with Gasteiger partial charge < -0.3 is 14.2 Å². The van der Waals surface area contributed by atoms with Crippen LogP contribution in [0.2, 0.25) is 0 Å². The SMILES string of the molecule is CCCOc1ccc(C2OC3(C)OC(=N)C(C#N)(C3C)C2(C#N)C#N)cc1. The lowest BCUT2D eigenvalue weighted by atomic mass is 9.54. The predicted octanol–water partition coefficient (Wildman–Crippen LogP) is 3.45. The quantitative estimate of drug-likeness (QED) is 0.873. The van der Waals surface area contributed by atoms with Crippen molar-refractivity contribution in [3.05, 3.63) is 29.8 Å². The number of rotatable bonds is 4. The van der Waals surface area contributed by atoms with E-state index in [1.54, 1.807) is 38.1 Å². The summed E-state index contributed by atoms with van der Waals surface area (Å²) in [6, 6.07) is 13.0. The van der Waals surface area contributed by atoms with Gasteiger partial charge >= 0.3 is 0 Å². The smallest absolute Gasteiger partial charge is 0.214 e. The van der Waals surface area contributed by atoms with Crippen LogP contribution in [0, 0.1) is 56.2 Å². The van der Waals surface area contributed by atoms with E-state index in [1.807, 2.05) is 19.1 Å². The van der Waals surface area contributed by atoms with E-state index in [0.717, 1.165) is 6.42 Å². The summed E-state index contributed by atoms with van der Waals surface area (Å²) in [6.45, 7) is 5.89. The van der Waals surface area contributed by atoms with Crippen LogP contribution in [0.4, 0.5) is 0 Å². The van der Waals surface area contributed by atoms with Crippen LogP contribution < -0.4 is 4.74 Å². The molecule has 0 radical (unpaired) electrons. The molecular formula is C20H20N4O3. The monoisotopic (exact) mass is 364 g/mol. The largest absolute Gasteiger partial charge is 0.494 e. The highest BCUT2D eigenvalue weighted by Crippen LogP contribution is 2.66. The first-order chi connectivity index (χ1) is 12.8. The molecule has 0 amide bonds. The highest BCUT2D eigenvalue weighted by atomic mass is 16.7. The lowest BCUT2D eigenvalue weighted by molar-refractivity contribution is -0.268. The molecule has 2 aliphatic heterocycles. The molecule has 2 fully saturated rings. The van der Waals surface area contributed by atoms with Gasteiger partial charge in [0, 0.05) is 6.92 Å². The molecule has 2 aliphatic rings. The maximum atomic E-state index is 10.00. The van der Waals surface area contributed by atoms with E-state index < -0.39 is 34.5 Å². The first kappa shape index (κ1) is 18.7. The Morgan fingerprint density at radius 1 is 1.15 bits per heavy atom. The second-order valence-corrected chi connectivity index (χ2v) is 7.04. The van der Waals surface area contributed by atoms with Crippen LogP contribution >= 0.6 is 0 Å². The molecule has 2 saturated heterocycles. The zero-order chi connectivity index (χ0) is 19.9. The maximum Gasteiger partial charge on any atom is 0.214 e. The zero-order valence-corrected chi connectivity index (χ0v) is 15.4. The van der Waals surface area contributed by atoms with Gasteiger partial charge in [-0.25, -0.2) is 0 Å². The van der Waals surface area contributed by atoms with Gasteiger partial charge in [-0.3, -0.25) is 5.41 Å². The molecule has 2 bridgehead atoms. The Kier molecular flexibility index (Phi) is 4.34. The normalized spacial score (nSPS) is 33.3. The zero-order valence-electron chi connectivity index (χ0n) is 15.4. The van der Waals surface area contributed by atoms with Crippen LogP contribution in [0.5, 0.6) is 5.75 Å². The Hall–Kier alpha value is -3.08. The van der Waals surface area contributed by atoms with Crippen LogP contribution in [0.15, 0.2) is 24.3 Å². The van der Waals surface area contributed by atoms with E-state index in [0.29, 0.717) is 17.9 Å². The van der Waals surface area contributed by atoms with Gasteiger partial charge in [-0.15, -0.1) is 0 Å². The van der Waals surface area contributed by atoms with Crippen molar-refractivity contribution in [2.45, 2.75) is 39.1 Å². The third-order valence-electron chi connectivity index (χ3n) is 5.65. The number of ether oxygens (including phenoxy) is 3. The molecule has 1 N–H and O–H groups in total. The van der Waals surface area contributed by atoms with Gasteiger partial charge in [-0.1, -0.05) is 26.0 Å². The Morgan fingerprint density at radius 3 is 2.30 bits per heavy atom. The van der Waals surface area contributed by atoms with Crippen LogP contribution in [-0.2, 0) is 9.47 Å². The summed E-state index contributed by atoms with van der Waals surface area (Å²) in [6.07, 6.45) is -0.170. The Bertz CT molecular complexity index is 878. The summed E-state index contributed by atoms with van der Waals surface area (Å²) < 4.78 is 17.2. The van der Waals surface area contributed by atoms with E-state index in [1.165, 1.54) is 0 Å². The van der Waals surface area contributed by atoms with Gasteiger partial charge in [0.1, 0.15) is 11.9 Å². The Morgan fingerprint density at radius 2 is 1.78 bits per heavy atom. The minimum absolute atomic E-state index is 0.395. The molecule has 0 saturated carbocycles. The number of nitrogens with zero attached hydrogens (tertiary/aromatic N) is 3. The Labute approximate surface area is 158 Å². The van der Waals surface area contributed by atoms with Gasteiger partial charge in [-0.05, 0) is 24.1 Å². The molecule has 4 unspecified atom stereocenters. The summed E-state index contributed by atoms with van der Waals surface area (Å²) in [5, 5.41) is 38.2. The average Bonchev–Trinajstić information content (AvgIpc) is 2.82. The summed E-state index contributed by atoms with van der Waals surface area (Å²) >= 11 is 0. The van der Waals surface area contributed by atoms with Crippen LogP contribution in [0.1, 0.15) is 38.9 Å². The first-order valence-electron chi connectivity index (χ1n) is 8.77. The minimum atomic E-state index is -1.92.